The lowest BCUT2D eigenvalue weighted by Gasteiger charge is -2.05. The highest BCUT2D eigenvalue weighted by Crippen LogP contribution is 2.19. The number of hydrogen-bond acceptors (Lipinski definition) is 4. The molecule has 0 unspecified atom stereocenters. The van der Waals surface area contributed by atoms with Crippen LogP contribution in [-0.2, 0) is 0 Å². The van der Waals surface area contributed by atoms with Crippen molar-refractivity contribution in [1.82, 2.24) is 5.16 Å². The third kappa shape index (κ3) is 2.65. The highest BCUT2D eigenvalue weighted by atomic mass is 79.9. The number of anilines is 2. The maximum atomic E-state index is 11.9. The van der Waals surface area contributed by atoms with E-state index in [9.17, 15) is 4.79 Å². The van der Waals surface area contributed by atoms with Crippen LogP contribution in [0.15, 0.2) is 33.3 Å². The molecule has 2 aromatic rings. The minimum atomic E-state index is -0.316. The maximum Gasteiger partial charge on any atom is 0.258 e. The minimum Gasteiger partial charge on any atom is -0.398 e. The topological polar surface area (TPSA) is 81.2 Å². The monoisotopic (exact) mass is 295 g/mol. The Hall–Kier alpha value is -1.82. The molecule has 3 N–H and O–H groups in total. The molecule has 0 saturated heterocycles. The van der Waals surface area contributed by atoms with Crippen LogP contribution in [0.1, 0.15) is 16.1 Å². The van der Waals surface area contributed by atoms with Gasteiger partial charge in [-0.25, -0.2) is 0 Å². The van der Waals surface area contributed by atoms with Crippen molar-refractivity contribution >= 4 is 33.3 Å². The van der Waals surface area contributed by atoms with Gasteiger partial charge in [0.05, 0.1) is 5.56 Å². The third-order valence-corrected chi connectivity index (χ3v) is 2.62. The first-order valence-corrected chi connectivity index (χ1v) is 5.65. The summed E-state index contributed by atoms with van der Waals surface area (Å²) in [7, 11) is 0. The Balaban J connectivity index is 2.20. The van der Waals surface area contributed by atoms with Crippen LogP contribution in [0.3, 0.4) is 0 Å². The smallest absolute Gasteiger partial charge is 0.258 e. The summed E-state index contributed by atoms with van der Waals surface area (Å²) >= 11 is 3.28. The van der Waals surface area contributed by atoms with Gasteiger partial charge >= 0.3 is 0 Å². The SMILES string of the molecule is Cc1cc(NC(=O)c2ccc(Br)cc2N)no1. The molecule has 6 heteroatoms. The Morgan fingerprint density at radius 1 is 1.47 bits per heavy atom. The fraction of sp³-hybridized carbons (Fsp3) is 0.0909. The molecule has 88 valence electrons. The highest BCUT2D eigenvalue weighted by molar-refractivity contribution is 9.10. The van der Waals surface area contributed by atoms with Crippen LogP contribution in [0.2, 0.25) is 0 Å². The summed E-state index contributed by atoms with van der Waals surface area (Å²) in [5, 5.41) is 6.27. The lowest BCUT2D eigenvalue weighted by molar-refractivity contribution is 0.102. The molecule has 0 aliphatic rings. The van der Waals surface area contributed by atoms with E-state index in [1.54, 1.807) is 31.2 Å². The quantitative estimate of drug-likeness (QED) is 0.835. The zero-order valence-corrected chi connectivity index (χ0v) is 10.6. The molecule has 0 aliphatic carbocycles. The summed E-state index contributed by atoms with van der Waals surface area (Å²) in [4.78, 5) is 11.9. The summed E-state index contributed by atoms with van der Waals surface area (Å²) in [6.07, 6.45) is 0. The number of benzene rings is 1. The van der Waals surface area contributed by atoms with Crippen LogP contribution in [0.4, 0.5) is 11.5 Å². The molecule has 1 amide bonds. The number of nitrogens with zero attached hydrogens (tertiary/aromatic N) is 1. The van der Waals surface area contributed by atoms with Gasteiger partial charge < -0.3 is 15.6 Å². The number of hydrogen-bond donors (Lipinski definition) is 2. The first-order valence-electron chi connectivity index (χ1n) is 4.86. The number of nitrogens with one attached hydrogen (secondary N) is 1. The van der Waals surface area contributed by atoms with E-state index < -0.39 is 0 Å². The predicted molar refractivity (Wildman–Crippen MR) is 67.7 cm³/mol. The van der Waals surface area contributed by atoms with Crippen molar-refractivity contribution in [3.8, 4) is 0 Å². The molecule has 0 atom stereocenters. The molecule has 1 aromatic heterocycles. The van der Waals surface area contributed by atoms with Crippen LogP contribution >= 0.6 is 15.9 Å². The first-order chi connectivity index (χ1) is 8.06. The second kappa shape index (κ2) is 4.58. The molecule has 0 bridgehead atoms. The average molecular weight is 296 g/mol. The van der Waals surface area contributed by atoms with Gasteiger partial charge in [-0.2, -0.15) is 0 Å². The Morgan fingerprint density at radius 2 is 2.24 bits per heavy atom. The van der Waals surface area contributed by atoms with E-state index in [-0.39, 0.29) is 5.91 Å². The molecule has 0 aliphatic heterocycles. The Labute approximate surface area is 106 Å². The van der Waals surface area contributed by atoms with Crippen molar-refractivity contribution in [3.63, 3.8) is 0 Å². The summed E-state index contributed by atoms with van der Waals surface area (Å²) in [6.45, 7) is 1.75. The number of aryl methyl sites for hydroxylation is 1. The van der Waals surface area contributed by atoms with Crippen molar-refractivity contribution in [3.05, 3.63) is 40.1 Å². The van der Waals surface area contributed by atoms with E-state index in [0.717, 1.165) is 4.47 Å². The number of carbonyl (C=O) groups excluding carboxylic acids is 1. The van der Waals surface area contributed by atoms with Crippen molar-refractivity contribution in [2.75, 3.05) is 11.1 Å². The van der Waals surface area contributed by atoms with Crippen LogP contribution in [0.5, 0.6) is 0 Å². The Kier molecular flexibility index (Phi) is 3.14. The normalized spacial score (nSPS) is 10.2. The van der Waals surface area contributed by atoms with E-state index in [1.807, 2.05) is 0 Å². The molecule has 2 rings (SSSR count). The largest absolute Gasteiger partial charge is 0.398 e. The minimum absolute atomic E-state index is 0.316. The van der Waals surface area contributed by atoms with E-state index in [0.29, 0.717) is 22.8 Å². The molecule has 1 aromatic carbocycles. The van der Waals surface area contributed by atoms with E-state index in [4.69, 9.17) is 10.3 Å². The number of nitrogens with two attached hydrogens (primary N) is 1. The van der Waals surface area contributed by atoms with Gasteiger partial charge in [0.1, 0.15) is 5.76 Å². The van der Waals surface area contributed by atoms with Gasteiger partial charge in [0.2, 0.25) is 0 Å². The second-order valence-corrected chi connectivity index (χ2v) is 4.42. The summed E-state index contributed by atoms with van der Waals surface area (Å²) in [6, 6.07) is 6.69. The molecule has 0 radical (unpaired) electrons. The van der Waals surface area contributed by atoms with Gasteiger partial charge in [-0.1, -0.05) is 21.1 Å². The lowest BCUT2D eigenvalue weighted by Crippen LogP contribution is -2.14. The van der Waals surface area contributed by atoms with E-state index in [2.05, 4.69) is 26.4 Å². The van der Waals surface area contributed by atoms with Gasteiger partial charge in [-0.05, 0) is 25.1 Å². The van der Waals surface area contributed by atoms with Crippen LogP contribution in [0, 0.1) is 6.92 Å². The second-order valence-electron chi connectivity index (χ2n) is 3.51. The van der Waals surface area contributed by atoms with Gasteiger partial charge in [0, 0.05) is 16.2 Å². The molecule has 0 spiro atoms. The first kappa shape index (κ1) is 11.7. The molecular weight excluding hydrogens is 286 g/mol. The molecular formula is C11H10BrN3O2. The van der Waals surface area contributed by atoms with Gasteiger partial charge in [-0.15, -0.1) is 0 Å². The number of halogens is 1. The van der Waals surface area contributed by atoms with Gasteiger partial charge in [0.15, 0.2) is 5.82 Å². The van der Waals surface area contributed by atoms with Gasteiger partial charge in [-0.3, -0.25) is 4.79 Å². The number of rotatable bonds is 2. The molecule has 17 heavy (non-hydrogen) atoms. The number of carbonyl (C=O) groups is 1. The van der Waals surface area contributed by atoms with Crippen molar-refractivity contribution in [2.24, 2.45) is 0 Å². The summed E-state index contributed by atoms with van der Waals surface area (Å²) in [5.74, 6) is 0.683. The van der Waals surface area contributed by atoms with Gasteiger partial charge in [0.25, 0.3) is 5.91 Å². The average Bonchev–Trinajstić information content (AvgIpc) is 2.63. The molecule has 0 saturated carbocycles. The summed E-state index contributed by atoms with van der Waals surface area (Å²) < 4.78 is 5.67. The number of nitrogen functional groups attached to an aromatic ring is 1. The maximum absolute atomic E-state index is 11.9. The van der Waals surface area contributed by atoms with Crippen LogP contribution < -0.4 is 11.1 Å². The zero-order valence-electron chi connectivity index (χ0n) is 9.03. The Bertz CT molecular complexity index is 566. The zero-order chi connectivity index (χ0) is 12.4. The van der Waals surface area contributed by atoms with E-state index >= 15 is 0 Å². The summed E-state index contributed by atoms with van der Waals surface area (Å²) in [5.41, 5.74) is 6.54. The van der Waals surface area contributed by atoms with E-state index in [1.165, 1.54) is 0 Å². The number of aromatic nitrogens is 1. The predicted octanol–water partition coefficient (Wildman–Crippen LogP) is 2.58. The van der Waals surface area contributed by atoms with Crippen molar-refractivity contribution in [2.45, 2.75) is 6.92 Å². The molecule has 1 heterocycles. The third-order valence-electron chi connectivity index (χ3n) is 2.13. The standard InChI is InChI=1S/C11H10BrN3O2/c1-6-4-10(15-17-6)14-11(16)8-3-2-7(12)5-9(8)13/h2-5H,13H2,1H3,(H,14,15,16). The van der Waals surface area contributed by atoms with Crippen LogP contribution in [0.25, 0.3) is 0 Å². The van der Waals surface area contributed by atoms with Crippen LogP contribution in [-0.4, -0.2) is 11.1 Å². The fourth-order valence-corrected chi connectivity index (χ4v) is 1.73. The highest BCUT2D eigenvalue weighted by Gasteiger charge is 2.11. The van der Waals surface area contributed by atoms with Crippen molar-refractivity contribution in [1.29, 1.82) is 0 Å². The number of amides is 1. The molecule has 5 nitrogen and oxygen atoms in total. The van der Waals surface area contributed by atoms with Crippen molar-refractivity contribution < 1.29 is 9.32 Å². The lowest BCUT2D eigenvalue weighted by atomic mass is 10.1. The Morgan fingerprint density at radius 3 is 2.82 bits per heavy atom. The fourth-order valence-electron chi connectivity index (χ4n) is 1.35. The molecule has 0 fully saturated rings.